The summed E-state index contributed by atoms with van der Waals surface area (Å²) >= 11 is 0. The Balaban J connectivity index is 1.74. The fourth-order valence-electron chi connectivity index (χ4n) is 2.51. The van der Waals surface area contributed by atoms with Crippen LogP contribution in [0.3, 0.4) is 0 Å². The van der Waals surface area contributed by atoms with Crippen molar-refractivity contribution in [1.82, 2.24) is 20.2 Å². The van der Waals surface area contributed by atoms with Crippen molar-refractivity contribution < 1.29 is 17.5 Å². The lowest BCUT2D eigenvalue weighted by molar-refractivity contribution is 0.386. The van der Waals surface area contributed by atoms with Crippen LogP contribution < -0.4 is 4.74 Å². The molecule has 0 unspecified atom stereocenters. The Morgan fingerprint density at radius 1 is 1.08 bits per heavy atom. The molecule has 0 aliphatic heterocycles. The monoisotopic (exact) mass is 376 g/mol. The number of methoxy groups -OCH3 is 1. The molecule has 0 aliphatic carbocycles. The van der Waals surface area contributed by atoms with Gasteiger partial charge in [-0.2, -0.15) is 0 Å². The first kappa shape index (κ1) is 18.0. The molecule has 0 saturated heterocycles. The van der Waals surface area contributed by atoms with Gasteiger partial charge >= 0.3 is 0 Å². The minimum atomic E-state index is -3.58. The molecule has 0 atom stereocenters. The molecule has 136 valence electrons. The van der Waals surface area contributed by atoms with Gasteiger partial charge in [-0.15, -0.1) is 5.10 Å². The average molecular weight is 376 g/mol. The molecule has 3 rings (SSSR count). The second-order valence-electron chi connectivity index (χ2n) is 5.74. The molecule has 3 aromatic rings. The van der Waals surface area contributed by atoms with E-state index in [1.807, 2.05) is 30.3 Å². The van der Waals surface area contributed by atoms with Gasteiger partial charge in [0.15, 0.2) is 27.2 Å². The number of rotatable bonds is 7. The summed E-state index contributed by atoms with van der Waals surface area (Å²) in [5.41, 5.74) is 1.29. The summed E-state index contributed by atoms with van der Waals surface area (Å²) in [7, 11) is -2.23. The summed E-state index contributed by atoms with van der Waals surface area (Å²) in [6.45, 7) is 0.371. The Morgan fingerprint density at radius 2 is 1.85 bits per heavy atom. The summed E-state index contributed by atoms with van der Waals surface area (Å²) in [6, 6.07) is 13.5. The molecule has 1 heterocycles. The highest BCUT2D eigenvalue weighted by atomic mass is 32.2. The van der Waals surface area contributed by atoms with E-state index in [-0.39, 0.29) is 23.1 Å². The Labute approximate surface area is 150 Å². The Bertz CT molecular complexity index is 990. The van der Waals surface area contributed by atoms with E-state index >= 15 is 0 Å². The minimum absolute atomic E-state index is 0.0675. The number of hydrogen-bond donors (Lipinski definition) is 0. The van der Waals surface area contributed by atoms with E-state index in [1.165, 1.54) is 23.9 Å². The van der Waals surface area contributed by atoms with Gasteiger partial charge in [-0.1, -0.05) is 36.4 Å². The lowest BCUT2D eigenvalue weighted by Gasteiger charge is -2.08. The molecular formula is C17H17FN4O3S. The molecule has 0 bridgehead atoms. The summed E-state index contributed by atoms with van der Waals surface area (Å²) in [5, 5.41) is 11.2. The molecule has 26 heavy (non-hydrogen) atoms. The van der Waals surface area contributed by atoms with Crippen LogP contribution in [0.4, 0.5) is 4.39 Å². The quantitative estimate of drug-likeness (QED) is 0.627. The second-order valence-corrected chi connectivity index (χ2v) is 7.80. The molecule has 7 nitrogen and oxygen atoms in total. The average Bonchev–Trinajstić information content (AvgIpc) is 3.01. The highest BCUT2D eigenvalue weighted by molar-refractivity contribution is 7.89. The predicted molar refractivity (Wildman–Crippen MR) is 92.6 cm³/mol. The number of aromatic nitrogens is 4. The van der Waals surface area contributed by atoms with Crippen LogP contribution in [0.2, 0.25) is 0 Å². The highest BCUT2D eigenvalue weighted by Gasteiger charge is 2.19. The lowest BCUT2D eigenvalue weighted by Crippen LogP contribution is -2.14. The summed E-state index contributed by atoms with van der Waals surface area (Å²) in [6.07, 6.45) is 0. The van der Waals surface area contributed by atoms with E-state index in [1.54, 1.807) is 0 Å². The Morgan fingerprint density at radius 3 is 2.54 bits per heavy atom. The van der Waals surface area contributed by atoms with E-state index in [2.05, 4.69) is 15.5 Å². The number of hydrogen-bond acceptors (Lipinski definition) is 6. The highest BCUT2D eigenvalue weighted by Crippen LogP contribution is 2.20. The van der Waals surface area contributed by atoms with Crippen molar-refractivity contribution in [3.63, 3.8) is 0 Å². The maximum atomic E-state index is 13.8. The fourth-order valence-corrected chi connectivity index (χ4v) is 3.90. The first-order valence-corrected chi connectivity index (χ1v) is 9.61. The van der Waals surface area contributed by atoms with Crippen molar-refractivity contribution in [2.24, 2.45) is 0 Å². The zero-order valence-corrected chi connectivity index (χ0v) is 14.9. The van der Waals surface area contributed by atoms with Gasteiger partial charge in [0.2, 0.25) is 0 Å². The van der Waals surface area contributed by atoms with E-state index in [4.69, 9.17) is 4.74 Å². The van der Waals surface area contributed by atoms with E-state index < -0.39 is 15.7 Å². The SMILES string of the molecule is COc1ccc(CS(=O)(=O)Cc2nnnn2Cc2ccccc2)cc1F. The number of nitrogens with zero attached hydrogens (tertiary/aromatic N) is 4. The first-order chi connectivity index (χ1) is 12.5. The Kier molecular flexibility index (Phi) is 5.27. The molecule has 2 aromatic carbocycles. The van der Waals surface area contributed by atoms with Gasteiger partial charge in [-0.3, -0.25) is 0 Å². The normalized spacial score (nSPS) is 11.5. The van der Waals surface area contributed by atoms with Crippen LogP contribution in [-0.4, -0.2) is 35.7 Å². The van der Waals surface area contributed by atoms with Crippen molar-refractivity contribution in [3.8, 4) is 5.75 Å². The molecule has 0 amide bonds. The maximum Gasteiger partial charge on any atom is 0.166 e. The fraction of sp³-hybridized carbons (Fsp3) is 0.235. The number of tetrazole rings is 1. The molecule has 0 radical (unpaired) electrons. The number of ether oxygens (including phenoxy) is 1. The van der Waals surface area contributed by atoms with E-state index in [0.29, 0.717) is 12.1 Å². The van der Waals surface area contributed by atoms with Crippen LogP contribution in [0.5, 0.6) is 5.75 Å². The number of sulfone groups is 1. The van der Waals surface area contributed by atoms with Gasteiger partial charge in [0.25, 0.3) is 0 Å². The molecule has 0 aliphatic rings. The van der Waals surface area contributed by atoms with E-state index in [9.17, 15) is 12.8 Å². The smallest absolute Gasteiger partial charge is 0.166 e. The molecule has 0 fully saturated rings. The predicted octanol–water partition coefficient (Wildman–Crippen LogP) is 1.98. The van der Waals surface area contributed by atoms with Crippen molar-refractivity contribution in [1.29, 1.82) is 0 Å². The third kappa shape index (κ3) is 4.42. The van der Waals surface area contributed by atoms with Crippen molar-refractivity contribution in [2.45, 2.75) is 18.1 Å². The molecular weight excluding hydrogens is 359 g/mol. The van der Waals surface area contributed by atoms with Crippen LogP contribution in [0.25, 0.3) is 0 Å². The zero-order chi connectivity index (χ0) is 18.6. The van der Waals surface area contributed by atoms with Gasteiger partial charge in [-0.25, -0.2) is 17.5 Å². The minimum Gasteiger partial charge on any atom is -0.494 e. The van der Waals surface area contributed by atoms with Crippen molar-refractivity contribution in [3.05, 3.63) is 71.3 Å². The molecule has 9 heteroatoms. The van der Waals surface area contributed by atoms with E-state index in [0.717, 1.165) is 11.6 Å². The topological polar surface area (TPSA) is 87.0 Å². The third-order valence-electron chi connectivity index (χ3n) is 3.73. The van der Waals surface area contributed by atoms with Crippen LogP contribution in [0.15, 0.2) is 48.5 Å². The van der Waals surface area contributed by atoms with Crippen LogP contribution in [-0.2, 0) is 27.9 Å². The number of benzene rings is 2. The first-order valence-electron chi connectivity index (χ1n) is 7.78. The maximum absolute atomic E-state index is 13.8. The van der Waals surface area contributed by atoms with Gasteiger partial charge in [0.1, 0.15) is 5.75 Å². The lowest BCUT2D eigenvalue weighted by atomic mass is 10.2. The molecule has 0 spiro atoms. The van der Waals surface area contributed by atoms with Gasteiger partial charge in [-0.05, 0) is 33.7 Å². The van der Waals surface area contributed by atoms with Crippen LogP contribution >= 0.6 is 0 Å². The third-order valence-corrected chi connectivity index (χ3v) is 5.20. The van der Waals surface area contributed by atoms with Crippen molar-refractivity contribution >= 4 is 9.84 Å². The molecule has 1 aromatic heterocycles. The number of halogens is 1. The van der Waals surface area contributed by atoms with Gasteiger partial charge in [0.05, 0.1) is 19.4 Å². The Hall–Kier alpha value is -2.81. The van der Waals surface area contributed by atoms with Crippen LogP contribution in [0, 0.1) is 5.82 Å². The zero-order valence-electron chi connectivity index (χ0n) is 14.0. The summed E-state index contributed by atoms with van der Waals surface area (Å²) in [5.74, 6) is -0.943. The summed E-state index contributed by atoms with van der Waals surface area (Å²) in [4.78, 5) is 0. The van der Waals surface area contributed by atoms with Gasteiger partial charge in [0, 0.05) is 0 Å². The standard InChI is InChI=1S/C17H17FN4O3S/c1-25-16-8-7-14(9-15(16)18)11-26(23,24)12-17-19-20-21-22(17)10-13-5-3-2-4-6-13/h2-9H,10-12H2,1H3. The summed E-state index contributed by atoms with van der Waals surface area (Å²) < 4.78 is 45.0. The van der Waals surface area contributed by atoms with Crippen molar-refractivity contribution in [2.75, 3.05) is 7.11 Å². The molecule has 0 N–H and O–H groups in total. The second kappa shape index (κ2) is 7.61. The van der Waals surface area contributed by atoms with Gasteiger partial charge < -0.3 is 4.74 Å². The van der Waals surface area contributed by atoms with Crippen LogP contribution in [0.1, 0.15) is 17.0 Å². The largest absolute Gasteiger partial charge is 0.494 e. The molecule has 0 saturated carbocycles.